The Kier molecular flexibility index (Phi) is 3.71. The average molecular weight is 327 g/mol. The Morgan fingerprint density at radius 1 is 1.16 bits per heavy atom. The fourth-order valence-electron chi connectivity index (χ4n) is 2.10. The first-order valence-electron chi connectivity index (χ1n) is 5.64. The van der Waals surface area contributed by atoms with Crippen molar-refractivity contribution in [3.05, 3.63) is 21.7 Å². The van der Waals surface area contributed by atoms with E-state index in [1.165, 1.54) is 0 Å². The zero-order chi connectivity index (χ0) is 14.2. The molecule has 5 nitrogen and oxygen atoms in total. The molecule has 0 bridgehead atoms. The van der Waals surface area contributed by atoms with Crippen molar-refractivity contribution in [3.63, 3.8) is 0 Å². The van der Waals surface area contributed by atoms with Crippen molar-refractivity contribution in [2.75, 3.05) is 20.0 Å². The maximum atomic E-state index is 5.58. The zero-order valence-electron chi connectivity index (χ0n) is 11.2. The monoisotopic (exact) mass is 326 g/mol. The van der Waals surface area contributed by atoms with Gasteiger partial charge >= 0.3 is 0 Å². The molecule has 0 aliphatic rings. The van der Waals surface area contributed by atoms with Crippen LogP contribution < -0.4 is 15.2 Å². The molecule has 2 aromatic rings. The molecule has 19 heavy (non-hydrogen) atoms. The second-order valence-corrected chi connectivity index (χ2v) is 4.91. The molecule has 0 amide bonds. The third-order valence-corrected chi connectivity index (χ3v) is 4.19. The molecule has 6 heteroatoms. The Labute approximate surface area is 119 Å². The van der Waals surface area contributed by atoms with Crippen LogP contribution in [0.3, 0.4) is 0 Å². The third-order valence-electron chi connectivity index (χ3n) is 3.00. The quantitative estimate of drug-likeness (QED) is 0.936. The lowest BCUT2D eigenvalue weighted by Gasteiger charge is -2.18. The summed E-state index contributed by atoms with van der Waals surface area (Å²) in [5, 5.41) is 3.95. The fraction of sp³-hybridized carbons (Fsp3) is 0.308. The van der Waals surface area contributed by atoms with E-state index in [2.05, 4.69) is 21.1 Å². The smallest absolute Gasteiger partial charge is 0.222 e. The Morgan fingerprint density at radius 3 is 2.26 bits per heavy atom. The standard InChI is InChI=1S/C13H15BrN2O3/c1-6-10(8-5-9(15)19-16-8)13(18-4)12(17-3)7(2)11(6)14/h5H,15H2,1-4H3. The van der Waals surface area contributed by atoms with Crippen LogP contribution >= 0.6 is 15.9 Å². The Hall–Kier alpha value is -1.69. The average Bonchev–Trinajstić information content (AvgIpc) is 2.81. The summed E-state index contributed by atoms with van der Waals surface area (Å²) in [5.74, 6) is 1.54. The number of anilines is 1. The molecule has 0 saturated heterocycles. The molecule has 1 aromatic heterocycles. The zero-order valence-corrected chi connectivity index (χ0v) is 12.8. The molecule has 2 rings (SSSR count). The summed E-state index contributed by atoms with van der Waals surface area (Å²) in [7, 11) is 3.20. The van der Waals surface area contributed by atoms with Crippen LogP contribution in [-0.4, -0.2) is 19.4 Å². The Bertz CT molecular complexity index is 623. The molecule has 0 aliphatic carbocycles. The molecule has 0 fully saturated rings. The van der Waals surface area contributed by atoms with E-state index >= 15 is 0 Å². The highest BCUT2D eigenvalue weighted by Crippen LogP contribution is 2.46. The van der Waals surface area contributed by atoms with Crippen molar-refractivity contribution in [2.45, 2.75) is 13.8 Å². The maximum Gasteiger partial charge on any atom is 0.222 e. The van der Waals surface area contributed by atoms with Gasteiger partial charge in [-0.15, -0.1) is 0 Å². The number of nitrogens with two attached hydrogens (primary N) is 1. The summed E-state index contributed by atoms with van der Waals surface area (Å²) in [4.78, 5) is 0. The van der Waals surface area contributed by atoms with Gasteiger partial charge < -0.3 is 19.7 Å². The molecule has 0 spiro atoms. The highest BCUT2D eigenvalue weighted by atomic mass is 79.9. The van der Waals surface area contributed by atoms with E-state index in [1.54, 1.807) is 20.3 Å². The number of nitrogen functional groups attached to an aromatic ring is 1. The summed E-state index contributed by atoms with van der Waals surface area (Å²) in [6.45, 7) is 3.93. The molecule has 0 unspecified atom stereocenters. The number of rotatable bonds is 3. The number of aromatic nitrogens is 1. The van der Waals surface area contributed by atoms with Gasteiger partial charge in [0.05, 0.1) is 19.8 Å². The summed E-state index contributed by atoms with van der Waals surface area (Å²) < 4.78 is 16.8. The second-order valence-electron chi connectivity index (χ2n) is 4.12. The Balaban J connectivity index is 2.82. The summed E-state index contributed by atoms with van der Waals surface area (Å²) in [6, 6.07) is 1.66. The first kappa shape index (κ1) is 13.7. The van der Waals surface area contributed by atoms with Crippen LogP contribution in [-0.2, 0) is 0 Å². The first-order chi connectivity index (χ1) is 9.01. The lowest BCUT2D eigenvalue weighted by molar-refractivity contribution is 0.353. The predicted molar refractivity (Wildman–Crippen MR) is 76.6 cm³/mol. The highest BCUT2D eigenvalue weighted by molar-refractivity contribution is 9.10. The van der Waals surface area contributed by atoms with Gasteiger partial charge in [0.2, 0.25) is 5.88 Å². The molecule has 0 radical (unpaired) electrons. The van der Waals surface area contributed by atoms with Crippen molar-refractivity contribution in [1.82, 2.24) is 5.16 Å². The fourth-order valence-corrected chi connectivity index (χ4v) is 2.48. The van der Waals surface area contributed by atoms with E-state index in [9.17, 15) is 0 Å². The van der Waals surface area contributed by atoms with Crippen LogP contribution in [0.25, 0.3) is 11.3 Å². The number of hydrogen-bond acceptors (Lipinski definition) is 5. The van der Waals surface area contributed by atoms with Crippen molar-refractivity contribution in [2.24, 2.45) is 0 Å². The topological polar surface area (TPSA) is 70.5 Å². The first-order valence-corrected chi connectivity index (χ1v) is 6.43. The molecular weight excluding hydrogens is 312 g/mol. The Morgan fingerprint density at radius 2 is 1.79 bits per heavy atom. The minimum absolute atomic E-state index is 0.257. The van der Waals surface area contributed by atoms with Gasteiger partial charge in [-0.1, -0.05) is 21.1 Å². The molecule has 1 aromatic carbocycles. The highest BCUT2D eigenvalue weighted by Gasteiger charge is 2.23. The van der Waals surface area contributed by atoms with Gasteiger partial charge in [0.15, 0.2) is 11.5 Å². The SMILES string of the molecule is COc1c(C)c(Br)c(C)c(-c2cc(N)on2)c1OC. The van der Waals surface area contributed by atoms with Gasteiger partial charge in [-0.2, -0.15) is 0 Å². The molecule has 1 heterocycles. The number of halogens is 1. The number of methoxy groups -OCH3 is 2. The van der Waals surface area contributed by atoms with Crippen LogP contribution in [0.2, 0.25) is 0 Å². The van der Waals surface area contributed by atoms with Crippen molar-refractivity contribution in [3.8, 4) is 22.8 Å². The van der Waals surface area contributed by atoms with E-state index in [-0.39, 0.29) is 5.88 Å². The number of nitrogens with zero attached hydrogens (tertiary/aromatic N) is 1. The molecule has 0 saturated carbocycles. The van der Waals surface area contributed by atoms with E-state index < -0.39 is 0 Å². The summed E-state index contributed by atoms with van der Waals surface area (Å²) >= 11 is 3.56. The summed E-state index contributed by atoms with van der Waals surface area (Å²) in [5.41, 5.74) is 8.96. The van der Waals surface area contributed by atoms with Crippen LogP contribution in [0.5, 0.6) is 11.5 Å². The van der Waals surface area contributed by atoms with Gasteiger partial charge in [-0.3, -0.25) is 0 Å². The third kappa shape index (κ3) is 2.16. The maximum absolute atomic E-state index is 5.58. The molecule has 102 valence electrons. The summed E-state index contributed by atoms with van der Waals surface area (Å²) in [6.07, 6.45) is 0. The van der Waals surface area contributed by atoms with Crippen molar-refractivity contribution >= 4 is 21.8 Å². The van der Waals surface area contributed by atoms with Gasteiger partial charge in [0.1, 0.15) is 5.69 Å². The van der Waals surface area contributed by atoms with Crippen molar-refractivity contribution < 1.29 is 14.0 Å². The largest absolute Gasteiger partial charge is 0.493 e. The molecule has 2 N–H and O–H groups in total. The minimum Gasteiger partial charge on any atom is -0.493 e. The van der Waals surface area contributed by atoms with Gasteiger partial charge in [0, 0.05) is 16.1 Å². The normalized spacial score (nSPS) is 10.6. The minimum atomic E-state index is 0.257. The van der Waals surface area contributed by atoms with E-state index in [0.717, 1.165) is 21.2 Å². The number of hydrogen-bond donors (Lipinski definition) is 1. The van der Waals surface area contributed by atoms with Gasteiger partial charge in [-0.05, 0) is 19.4 Å². The van der Waals surface area contributed by atoms with Crippen LogP contribution in [0.15, 0.2) is 15.1 Å². The van der Waals surface area contributed by atoms with Crippen LogP contribution in [0.1, 0.15) is 11.1 Å². The van der Waals surface area contributed by atoms with Crippen LogP contribution in [0.4, 0.5) is 5.88 Å². The predicted octanol–water partition coefficient (Wildman–Crippen LogP) is 3.32. The van der Waals surface area contributed by atoms with E-state index in [4.69, 9.17) is 19.7 Å². The van der Waals surface area contributed by atoms with Gasteiger partial charge in [-0.25, -0.2) is 0 Å². The van der Waals surface area contributed by atoms with Crippen LogP contribution in [0, 0.1) is 13.8 Å². The van der Waals surface area contributed by atoms with E-state index in [0.29, 0.717) is 17.2 Å². The lowest BCUT2D eigenvalue weighted by Crippen LogP contribution is -2.00. The number of benzene rings is 1. The number of ether oxygens (including phenoxy) is 2. The van der Waals surface area contributed by atoms with Crippen molar-refractivity contribution in [1.29, 1.82) is 0 Å². The van der Waals surface area contributed by atoms with Gasteiger partial charge in [0.25, 0.3) is 0 Å². The lowest BCUT2D eigenvalue weighted by atomic mass is 10.0. The molecular formula is C13H15BrN2O3. The molecule has 0 aliphatic heterocycles. The van der Waals surface area contributed by atoms with E-state index in [1.807, 2.05) is 13.8 Å². The second kappa shape index (κ2) is 5.13. The molecule has 0 atom stereocenters.